The van der Waals surface area contributed by atoms with E-state index in [9.17, 15) is 9.90 Å². The monoisotopic (exact) mass is 240 g/mol. The molecule has 0 radical (unpaired) electrons. The molecule has 1 saturated carbocycles. The van der Waals surface area contributed by atoms with E-state index < -0.39 is 5.60 Å². The summed E-state index contributed by atoms with van der Waals surface area (Å²) in [7, 11) is 0. The van der Waals surface area contributed by atoms with Crippen LogP contribution in [-0.4, -0.2) is 23.3 Å². The lowest BCUT2D eigenvalue weighted by molar-refractivity contribution is -0.141. The van der Waals surface area contributed by atoms with Gasteiger partial charge >= 0.3 is 5.97 Å². The van der Waals surface area contributed by atoms with Gasteiger partial charge in [0.2, 0.25) is 0 Å². The Morgan fingerprint density at radius 2 is 2.29 bits per heavy atom. The van der Waals surface area contributed by atoms with Crippen molar-refractivity contribution in [3.05, 3.63) is 12.2 Å². The van der Waals surface area contributed by atoms with Crippen LogP contribution in [0.4, 0.5) is 0 Å². The van der Waals surface area contributed by atoms with E-state index in [1.807, 2.05) is 0 Å². The Hall–Kier alpha value is -0.830. The number of ether oxygens (including phenoxy) is 1. The highest BCUT2D eigenvalue weighted by Gasteiger charge is 2.33. The molecule has 2 atom stereocenters. The molecule has 1 fully saturated rings. The number of hydrogen-bond acceptors (Lipinski definition) is 3. The largest absolute Gasteiger partial charge is 0.462 e. The van der Waals surface area contributed by atoms with Gasteiger partial charge < -0.3 is 9.84 Å². The Labute approximate surface area is 104 Å². The van der Waals surface area contributed by atoms with Gasteiger partial charge in [-0.1, -0.05) is 32.8 Å². The Bertz CT molecular complexity index is 285. The minimum absolute atomic E-state index is 0.290. The van der Waals surface area contributed by atoms with Crippen LogP contribution in [0.2, 0.25) is 0 Å². The van der Waals surface area contributed by atoms with E-state index >= 15 is 0 Å². The molecule has 2 unspecified atom stereocenters. The van der Waals surface area contributed by atoms with Crippen LogP contribution in [0.25, 0.3) is 0 Å². The lowest BCUT2D eigenvalue weighted by Gasteiger charge is -2.36. The first-order valence-corrected chi connectivity index (χ1v) is 6.52. The topological polar surface area (TPSA) is 46.5 Å². The molecule has 3 nitrogen and oxygen atoms in total. The SMILES string of the molecule is C=C(C)C(=O)OCCC1(O)CCCC(CC)C1. The van der Waals surface area contributed by atoms with Crippen molar-refractivity contribution >= 4 is 5.97 Å². The van der Waals surface area contributed by atoms with Crippen molar-refractivity contribution < 1.29 is 14.6 Å². The molecule has 0 aliphatic heterocycles. The fraction of sp³-hybridized carbons (Fsp3) is 0.786. The Balaban J connectivity index is 2.34. The number of hydrogen-bond donors (Lipinski definition) is 1. The maximum atomic E-state index is 11.2. The predicted octanol–water partition coefficient (Wildman–Crippen LogP) is 2.83. The van der Waals surface area contributed by atoms with E-state index in [1.165, 1.54) is 6.42 Å². The second-order valence-electron chi connectivity index (χ2n) is 5.26. The molecule has 1 aliphatic rings. The molecular weight excluding hydrogens is 216 g/mol. The van der Waals surface area contributed by atoms with E-state index in [-0.39, 0.29) is 5.97 Å². The van der Waals surface area contributed by atoms with Gasteiger partial charge in [-0.3, -0.25) is 0 Å². The van der Waals surface area contributed by atoms with Gasteiger partial charge in [0.15, 0.2) is 0 Å². The average molecular weight is 240 g/mol. The molecule has 0 aromatic carbocycles. The van der Waals surface area contributed by atoms with Crippen LogP contribution in [0.1, 0.15) is 52.4 Å². The first kappa shape index (κ1) is 14.2. The third-order valence-electron chi connectivity index (χ3n) is 3.65. The molecule has 1 N–H and O–H groups in total. The number of esters is 1. The highest BCUT2D eigenvalue weighted by atomic mass is 16.5. The van der Waals surface area contributed by atoms with Crippen molar-refractivity contribution in [2.45, 2.75) is 58.0 Å². The van der Waals surface area contributed by atoms with Crippen molar-refractivity contribution in [1.29, 1.82) is 0 Å². The van der Waals surface area contributed by atoms with E-state index in [0.717, 1.165) is 25.7 Å². The first-order valence-electron chi connectivity index (χ1n) is 6.52. The molecule has 98 valence electrons. The summed E-state index contributed by atoms with van der Waals surface area (Å²) in [4.78, 5) is 11.2. The maximum Gasteiger partial charge on any atom is 0.333 e. The lowest BCUT2D eigenvalue weighted by Crippen LogP contribution is -2.36. The lowest BCUT2D eigenvalue weighted by atomic mass is 9.75. The van der Waals surface area contributed by atoms with Crippen LogP contribution >= 0.6 is 0 Å². The first-order chi connectivity index (χ1) is 7.97. The quantitative estimate of drug-likeness (QED) is 0.593. The molecule has 0 amide bonds. The second kappa shape index (κ2) is 6.20. The molecule has 17 heavy (non-hydrogen) atoms. The fourth-order valence-corrected chi connectivity index (χ4v) is 2.49. The molecular formula is C14H24O3. The normalized spacial score (nSPS) is 28.8. The van der Waals surface area contributed by atoms with Crippen LogP contribution < -0.4 is 0 Å². The third-order valence-corrected chi connectivity index (χ3v) is 3.65. The average Bonchev–Trinajstić information content (AvgIpc) is 2.28. The standard InChI is InChI=1S/C14H24O3/c1-4-12-6-5-7-14(16,10-12)8-9-17-13(15)11(2)3/h12,16H,2,4-10H2,1,3H3. The van der Waals surface area contributed by atoms with Crippen molar-refractivity contribution in [3.63, 3.8) is 0 Å². The van der Waals surface area contributed by atoms with Crippen molar-refractivity contribution in [2.24, 2.45) is 5.92 Å². The summed E-state index contributed by atoms with van der Waals surface area (Å²) in [6.45, 7) is 7.61. The highest BCUT2D eigenvalue weighted by Crippen LogP contribution is 2.36. The van der Waals surface area contributed by atoms with Gasteiger partial charge in [0, 0.05) is 12.0 Å². The summed E-state index contributed by atoms with van der Waals surface area (Å²) in [5.41, 5.74) is -0.221. The van der Waals surface area contributed by atoms with E-state index in [4.69, 9.17) is 4.74 Å². The zero-order valence-electron chi connectivity index (χ0n) is 11.0. The second-order valence-corrected chi connectivity index (χ2v) is 5.26. The molecule has 1 rings (SSSR count). The summed E-state index contributed by atoms with van der Waals surface area (Å²) in [5, 5.41) is 10.4. The molecule has 0 saturated heterocycles. The number of carbonyl (C=O) groups is 1. The summed E-state index contributed by atoms with van der Waals surface area (Å²) >= 11 is 0. The van der Waals surface area contributed by atoms with Gasteiger partial charge in [-0.2, -0.15) is 0 Å². The van der Waals surface area contributed by atoms with Crippen molar-refractivity contribution in [1.82, 2.24) is 0 Å². The fourth-order valence-electron chi connectivity index (χ4n) is 2.49. The molecule has 3 heteroatoms. The van der Waals surface area contributed by atoms with Crippen LogP contribution in [0, 0.1) is 5.92 Å². The summed E-state index contributed by atoms with van der Waals surface area (Å²) in [6.07, 6.45) is 5.62. The summed E-state index contributed by atoms with van der Waals surface area (Å²) in [6, 6.07) is 0. The molecule has 0 heterocycles. The number of aliphatic hydroxyl groups is 1. The third kappa shape index (κ3) is 4.50. The van der Waals surface area contributed by atoms with Gasteiger partial charge in [0.1, 0.15) is 0 Å². The van der Waals surface area contributed by atoms with Gasteiger partial charge in [-0.25, -0.2) is 4.79 Å². The van der Waals surface area contributed by atoms with Gasteiger partial charge in [0.25, 0.3) is 0 Å². The van der Waals surface area contributed by atoms with Crippen molar-refractivity contribution in [3.8, 4) is 0 Å². The number of carbonyl (C=O) groups excluding carboxylic acids is 1. The molecule has 0 aromatic heterocycles. The van der Waals surface area contributed by atoms with Crippen LogP contribution in [0.5, 0.6) is 0 Å². The van der Waals surface area contributed by atoms with Crippen LogP contribution in [-0.2, 0) is 9.53 Å². The Morgan fingerprint density at radius 3 is 2.88 bits per heavy atom. The van der Waals surface area contributed by atoms with E-state index in [1.54, 1.807) is 6.92 Å². The Morgan fingerprint density at radius 1 is 1.59 bits per heavy atom. The van der Waals surface area contributed by atoms with Gasteiger partial charge in [-0.05, 0) is 25.7 Å². The highest BCUT2D eigenvalue weighted by molar-refractivity contribution is 5.86. The summed E-state index contributed by atoms with van der Waals surface area (Å²) < 4.78 is 5.04. The molecule has 0 spiro atoms. The molecule has 0 bridgehead atoms. The minimum atomic E-state index is -0.631. The van der Waals surface area contributed by atoms with Gasteiger partial charge in [0.05, 0.1) is 12.2 Å². The minimum Gasteiger partial charge on any atom is -0.462 e. The Kier molecular flexibility index (Phi) is 5.19. The predicted molar refractivity (Wildman–Crippen MR) is 67.6 cm³/mol. The number of rotatable bonds is 5. The van der Waals surface area contributed by atoms with Gasteiger partial charge in [-0.15, -0.1) is 0 Å². The van der Waals surface area contributed by atoms with Crippen LogP contribution in [0.15, 0.2) is 12.2 Å². The van der Waals surface area contributed by atoms with E-state index in [2.05, 4.69) is 13.5 Å². The molecule has 1 aliphatic carbocycles. The van der Waals surface area contributed by atoms with E-state index in [0.29, 0.717) is 24.5 Å². The maximum absolute atomic E-state index is 11.2. The summed E-state index contributed by atoms with van der Waals surface area (Å²) in [5.74, 6) is 0.252. The zero-order valence-corrected chi connectivity index (χ0v) is 11.0. The van der Waals surface area contributed by atoms with Crippen molar-refractivity contribution in [2.75, 3.05) is 6.61 Å². The smallest absolute Gasteiger partial charge is 0.333 e. The molecule has 0 aromatic rings. The van der Waals surface area contributed by atoms with Crippen LogP contribution in [0.3, 0.4) is 0 Å². The zero-order chi connectivity index (χ0) is 12.9.